The maximum atomic E-state index is 12.5. The van der Waals surface area contributed by atoms with Gasteiger partial charge in [-0.25, -0.2) is 13.4 Å². The molecule has 0 amide bonds. The molecule has 24 heavy (non-hydrogen) atoms. The summed E-state index contributed by atoms with van der Waals surface area (Å²) in [6.07, 6.45) is 1.69. The first kappa shape index (κ1) is 18.3. The van der Waals surface area contributed by atoms with Crippen LogP contribution in [0.2, 0.25) is 0 Å². The highest BCUT2D eigenvalue weighted by Crippen LogP contribution is 2.20. The number of anilines is 2. The Labute approximate surface area is 144 Å². The lowest BCUT2D eigenvalue weighted by molar-refractivity contribution is 0.601. The summed E-state index contributed by atoms with van der Waals surface area (Å²) in [5.41, 5.74) is 2.08. The number of rotatable bonds is 7. The highest BCUT2D eigenvalue weighted by molar-refractivity contribution is 7.92. The van der Waals surface area contributed by atoms with Gasteiger partial charge in [0, 0.05) is 13.1 Å². The largest absolute Gasteiger partial charge is 0.371 e. The Morgan fingerprint density at radius 3 is 2.12 bits per heavy atom. The molecule has 0 saturated carbocycles. The Balaban J connectivity index is 2.16. The molecule has 2 rings (SSSR count). The van der Waals surface area contributed by atoms with Gasteiger partial charge < -0.3 is 4.90 Å². The van der Waals surface area contributed by atoms with Crippen LogP contribution < -0.4 is 9.62 Å². The van der Waals surface area contributed by atoms with Gasteiger partial charge in [0.05, 0.1) is 16.8 Å². The number of pyridine rings is 1. The van der Waals surface area contributed by atoms with E-state index >= 15 is 0 Å². The Morgan fingerprint density at radius 2 is 1.67 bits per heavy atom. The molecule has 0 spiro atoms. The van der Waals surface area contributed by atoms with Crippen molar-refractivity contribution in [1.29, 1.82) is 0 Å². The van der Waals surface area contributed by atoms with Crippen LogP contribution in [-0.4, -0.2) is 26.5 Å². The van der Waals surface area contributed by atoms with Gasteiger partial charge in [0.2, 0.25) is 0 Å². The average Bonchev–Trinajstić information content (AvgIpc) is 2.57. The van der Waals surface area contributed by atoms with Crippen molar-refractivity contribution in [3.05, 3.63) is 48.2 Å². The predicted octanol–water partition coefficient (Wildman–Crippen LogP) is 3.85. The molecule has 0 aliphatic carbocycles. The predicted molar refractivity (Wildman–Crippen MR) is 99.1 cm³/mol. The van der Waals surface area contributed by atoms with Crippen LogP contribution in [0.4, 0.5) is 11.5 Å². The Hall–Kier alpha value is -2.08. The Kier molecular flexibility index (Phi) is 5.83. The molecule has 0 aliphatic rings. The molecule has 0 atom stereocenters. The van der Waals surface area contributed by atoms with Crippen LogP contribution in [0.3, 0.4) is 0 Å². The first-order chi connectivity index (χ1) is 11.4. The van der Waals surface area contributed by atoms with Gasteiger partial charge in [-0.05, 0) is 49.6 Å². The summed E-state index contributed by atoms with van der Waals surface area (Å²) in [7, 11) is -3.63. The van der Waals surface area contributed by atoms with E-state index in [-0.39, 0.29) is 4.90 Å². The maximum absolute atomic E-state index is 12.5. The molecular formula is C18H25N3O2S. The number of sulfonamides is 1. The molecule has 1 aromatic carbocycles. The zero-order chi connectivity index (χ0) is 17.7. The van der Waals surface area contributed by atoms with Crippen molar-refractivity contribution < 1.29 is 8.42 Å². The lowest BCUT2D eigenvalue weighted by Gasteiger charge is -2.20. The zero-order valence-electron chi connectivity index (χ0n) is 14.7. The summed E-state index contributed by atoms with van der Waals surface area (Å²) >= 11 is 0. The van der Waals surface area contributed by atoms with Gasteiger partial charge in [-0.15, -0.1) is 0 Å². The van der Waals surface area contributed by atoms with E-state index in [0.29, 0.717) is 11.7 Å². The van der Waals surface area contributed by atoms with Gasteiger partial charge in [0.25, 0.3) is 10.0 Å². The highest BCUT2D eigenvalue weighted by atomic mass is 32.2. The number of hydrogen-bond acceptors (Lipinski definition) is 4. The first-order valence-electron chi connectivity index (χ1n) is 8.21. The van der Waals surface area contributed by atoms with Crippen LogP contribution in [0.25, 0.3) is 0 Å². The van der Waals surface area contributed by atoms with E-state index < -0.39 is 10.0 Å². The van der Waals surface area contributed by atoms with E-state index in [2.05, 4.69) is 42.3 Å². The number of aromatic nitrogens is 1. The minimum atomic E-state index is -3.63. The molecule has 5 nitrogen and oxygen atoms in total. The molecule has 0 radical (unpaired) electrons. The van der Waals surface area contributed by atoms with Crippen molar-refractivity contribution in [3.63, 3.8) is 0 Å². The van der Waals surface area contributed by atoms with E-state index in [1.165, 1.54) is 0 Å². The highest BCUT2D eigenvalue weighted by Gasteiger charge is 2.15. The maximum Gasteiger partial charge on any atom is 0.263 e. The van der Waals surface area contributed by atoms with Crippen LogP contribution in [0.15, 0.2) is 47.5 Å². The topological polar surface area (TPSA) is 62.3 Å². The third-order valence-electron chi connectivity index (χ3n) is 3.97. The molecule has 0 saturated heterocycles. The number of nitrogens with zero attached hydrogens (tertiary/aromatic N) is 2. The lowest BCUT2D eigenvalue weighted by atomic mass is 10.0. The van der Waals surface area contributed by atoms with E-state index in [1.807, 2.05) is 18.2 Å². The van der Waals surface area contributed by atoms with Crippen molar-refractivity contribution in [2.75, 3.05) is 22.7 Å². The number of hydrogen-bond donors (Lipinski definition) is 1. The fourth-order valence-corrected chi connectivity index (χ4v) is 3.46. The average molecular weight is 347 g/mol. The van der Waals surface area contributed by atoms with Crippen molar-refractivity contribution in [3.8, 4) is 0 Å². The Morgan fingerprint density at radius 1 is 1.04 bits per heavy atom. The van der Waals surface area contributed by atoms with Crippen molar-refractivity contribution in [1.82, 2.24) is 4.98 Å². The van der Waals surface area contributed by atoms with Crippen LogP contribution in [0, 0.1) is 0 Å². The second kappa shape index (κ2) is 7.66. The molecule has 1 heterocycles. The second-order valence-electron chi connectivity index (χ2n) is 5.90. The molecule has 6 heteroatoms. The van der Waals surface area contributed by atoms with Crippen LogP contribution >= 0.6 is 0 Å². The van der Waals surface area contributed by atoms with Crippen molar-refractivity contribution in [2.45, 2.75) is 38.5 Å². The van der Waals surface area contributed by atoms with Crippen LogP contribution in [0.5, 0.6) is 0 Å². The number of benzene rings is 1. The second-order valence-corrected chi connectivity index (χ2v) is 7.59. The van der Waals surface area contributed by atoms with Gasteiger partial charge in [-0.2, -0.15) is 0 Å². The van der Waals surface area contributed by atoms with Crippen LogP contribution in [0.1, 0.15) is 39.2 Å². The van der Waals surface area contributed by atoms with Crippen molar-refractivity contribution in [2.24, 2.45) is 0 Å². The molecule has 0 bridgehead atoms. The minimum absolute atomic E-state index is 0.238. The fourth-order valence-electron chi connectivity index (χ4n) is 2.45. The van der Waals surface area contributed by atoms with E-state index in [4.69, 9.17) is 0 Å². The quantitative estimate of drug-likeness (QED) is 0.826. The third kappa shape index (κ3) is 4.26. The molecule has 0 fully saturated rings. The van der Waals surface area contributed by atoms with Gasteiger partial charge in [0.15, 0.2) is 0 Å². The molecule has 2 aromatic rings. The summed E-state index contributed by atoms with van der Waals surface area (Å²) in [5, 5.41) is 0. The van der Waals surface area contributed by atoms with Gasteiger partial charge in [-0.3, -0.25) is 4.72 Å². The Bertz CT molecular complexity index is 750. The van der Waals surface area contributed by atoms with Crippen molar-refractivity contribution >= 4 is 21.5 Å². The number of nitrogens with one attached hydrogen (secondary N) is 1. The van der Waals surface area contributed by atoms with Gasteiger partial charge >= 0.3 is 0 Å². The minimum Gasteiger partial charge on any atom is -0.371 e. The van der Waals surface area contributed by atoms with E-state index in [9.17, 15) is 8.42 Å². The summed E-state index contributed by atoms with van der Waals surface area (Å²) < 4.78 is 27.4. The lowest BCUT2D eigenvalue weighted by Crippen LogP contribution is -2.22. The molecular weight excluding hydrogens is 322 g/mol. The first-order valence-corrected chi connectivity index (χ1v) is 9.69. The van der Waals surface area contributed by atoms with E-state index in [1.54, 1.807) is 24.4 Å². The monoisotopic (exact) mass is 347 g/mol. The molecule has 1 N–H and O–H groups in total. The summed E-state index contributed by atoms with van der Waals surface area (Å²) in [6, 6.07) is 10.5. The summed E-state index contributed by atoms with van der Waals surface area (Å²) in [4.78, 5) is 6.61. The molecule has 130 valence electrons. The summed E-state index contributed by atoms with van der Waals surface area (Å²) in [6.45, 7) is 10.0. The van der Waals surface area contributed by atoms with Crippen LogP contribution in [-0.2, 0) is 10.0 Å². The molecule has 0 unspecified atom stereocenters. The van der Waals surface area contributed by atoms with E-state index in [0.717, 1.165) is 24.3 Å². The smallest absolute Gasteiger partial charge is 0.263 e. The molecule has 1 aromatic heterocycles. The third-order valence-corrected chi connectivity index (χ3v) is 5.34. The zero-order valence-corrected chi connectivity index (χ0v) is 15.5. The van der Waals surface area contributed by atoms with Gasteiger partial charge in [-0.1, -0.05) is 26.0 Å². The van der Waals surface area contributed by atoms with Gasteiger partial charge in [0.1, 0.15) is 5.82 Å². The molecule has 0 aliphatic heterocycles. The fraction of sp³-hybridized carbons (Fsp3) is 0.389. The standard InChI is InChI=1S/C18H25N3O2S/c1-5-21(6-2)16-9-12-18(19-13-16)20-24(22,23)17-10-7-15(8-11-17)14(3)4/h7-14H,5-6H2,1-4H3,(H,19,20). The summed E-state index contributed by atoms with van der Waals surface area (Å²) in [5.74, 6) is 0.683. The SMILES string of the molecule is CCN(CC)c1ccc(NS(=O)(=O)c2ccc(C(C)C)cc2)nc1. The normalized spacial score (nSPS) is 11.5.